The van der Waals surface area contributed by atoms with Crippen LogP contribution in [-0.4, -0.2) is 54.3 Å². The van der Waals surface area contributed by atoms with Crippen LogP contribution in [-0.2, 0) is 21.9 Å². The minimum Gasteiger partial charge on any atom is -0.494 e. The highest BCUT2D eigenvalue weighted by atomic mass is 32.2. The number of amides is 2. The van der Waals surface area contributed by atoms with Crippen molar-refractivity contribution in [2.45, 2.75) is 17.7 Å². The zero-order chi connectivity index (χ0) is 23.0. The number of piperidine rings is 1. The second-order valence-corrected chi connectivity index (χ2v) is 10.5. The summed E-state index contributed by atoms with van der Waals surface area (Å²) in [6, 6.07) is 6.85. The summed E-state index contributed by atoms with van der Waals surface area (Å²) in [5, 5.41) is 3.33. The maximum absolute atomic E-state index is 12.9. The number of carbonyl (C=O) groups is 2. The molecule has 0 bridgehead atoms. The summed E-state index contributed by atoms with van der Waals surface area (Å²) in [7, 11) is -0.651. The van der Waals surface area contributed by atoms with Gasteiger partial charge >= 0.3 is 0 Å². The van der Waals surface area contributed by atoms with E-state index in [1.54, 1.807) is 14.2 Å². The summed E-state index contributed by atoms with van der Waals surface area (Å²) in [5.41, 5.74) is 6.09. The van der Waals surface area contributed by atoms with Gasteiger partial charge in [0.2, 0.25) is 15.9 Å². The fourth-order valence-electron chi connectivity index (χ4n) is 3.78. The number of rotatable bonds is 6. The third kappa shape index (κ3) is 4.08. The molecule has 0 radical (unpaired) electrons. The first-order chi connectivity index (χ1) is 15.2. The number of methoxy groups -OCH3 is 1. The molecule has 0 saturated carbocycles. The van der Waals surface area contributed by atoms with Gasteiger partial charge in [0.05, 0.1) is 11.8 Å². The van der Waals surface area contributed by atoms with Crippen molar-refractivity contribution >= 4 is 48.5 Å². The summed E-state index contributed by atoms with van der Waals surface area (Å²) < 4.78 is 34.8. The van der Waals surface area contributed by atoms with Crippen molar-refractivity contribution in [1.29, 1.82) is 0 Å². The number of nitrogens with one attached hydrogen (secondary N) is 1. The fraction of sp³-hybridized carbons (Fsp3) is 0.350. The van der Waals surface area contributed by atoms with E-state index in [1.807, 2.05) is 18.2 Å². The number of sulfonamides is 1. The van der Waals surface area contributed by atoms with Crippen LogP contribution in [0.1, 0.15) is 23.3 Å². The van der Waals surface area contributed by atoms with Crippen LogP contribution >= 0.6 is 11.3 Å². The largest absolute Gasteiger partial charge is 0.494 e. The van der Waals surface area contributed by atoms with Gasteiger partial charge in [0.25, 0.3) is 5.91 Å². The van der Waals surface area contributed by atoms with Crippen LogP contribution in [0.2, 0.25) is 0 Å². The van der Waals surface area contributed by atoms with E-state index in [2.05, 4.69) is 10.3 Å². The SMILES string of the molecule is COc1cccc2sc(NC(=O)C3CCN(S(=O)(=O)c4cc(C(N)=O)n(C)c4)CC3)nc12. The van der Waals surface area contributed by atoms with E-state index in [9.17, 15) is 18.0 Å². The minimum atomic E-state index is -3.78. The van der Waals surface area contributed by atoms with E-state index in [-0.39, 0.29) is 35.5 Å². The Labute approximate surface area is 189 Å². The van der Waals surface area contributed by atoms with Gasteiger partial charge in [-0.3, -0.25) is 9.59 Å². The van der Waals surface area contributed by atoms with Crippen molar-refractivity contribution in [3.05, 3.63) is 36.2 Å². The molecule has 1 fully saturated rings. The average Bonchev–Trinajstić information content (AvgIpc) is 3.37. The molecule has 0 atom stereocenters. The van der Waals surface area contributed by atoms with Gasteiger partial charge in [-0.15, -0.1) is 0 Å². The standard InChI is InChI=1S/C20H23N5O5S2/c1-24-11-13(10-14(24)18(21)26)32(28,29)25-8-6-12(7-9-25)19(27)23-20-22-17-15(30-2)4-3-5-16(17)31-20/h3-5,10-12H,6-9H2,1-2H3,(H2,21,26)(H,22,23,27). The van der Waals surface area contributed by atoms with Crippen LogP contribution in [0.15, 0.2) is 35.4 Å². The lowest BCUT2D eigenvalue weighted by molar-refractivity contribution is -0.120. The second-order valence-electron chi connectivity index (χ2n) is 7.53. The van der Waals surface area contributed by atoms with E-state index in [0.29, 0.717) is 29.2 Å². The van der Waals surface area contributed by atoms with Gasteiger partial charge in [-0.2, -0.15) is 4.31 Å². The number of ether oxygens (including phenoxy) is 1. The van der Waals surface area contributed by atoms with Gasteiger partial charge in [-0.25, -0.2) is 13.4 Å². The number of aryl methyl sites for hydroxylation is 1. The lowest BCUT2D eigenvalue weighted by Crippen LogP contribution is -2.41. The zero-order valence-electron chi connectivity index (χ0n) is 17.6. The molecule has 12 heteroatoms. The maximum atomic E-state index is 12.9. The number of nitrogens with zero attached hydrogens (tertiary/aromatic N) is 3. The summed E-state index contributed by atoms with van der Waals surface area (Å²) in [6.07, 6.45) is 2.14. The quantitative estimate of drug-likeness (QED) is 0.555. The molecular formula is C20H23N5O5S2. The number of para-hydroxylation sites is 1. The molecule has 2 aromatic heterocycles. The lowest BCUT2D eigenvalue weighted by atomic mass is 9.97. The molecule has 10 nitrogen and oxygen atoms in total. The maximum Gasteiger partial charge on any atom is 0.265 e. The van der Waals surface area contributed by atoms with Crippen LogP contribution in [0.25, 0.3) is 10.2 Å². The van der Waals surface area contributed by atoms with Crippen molar-refractivity contribution in [2.75, 3.05) is 25.5 Å². The molecule has 3 aromatic rings. The van der Waals surface area contributed by atoms with Crippen molar-refractivity contribution in [2.24, 2.45) is 18.7 Å². The second kappa shape index (κ2) is 8.52. The number of aromatic nitrogens is 2. The summed E-state index contributed by atoms with van der Waals surface area (Å²) in [6.45, 7) is 0.407. The third-order valence-corrected chi connectivity index (χ3v) is 8.33. The summed E-state index contributed by atoms with van der Waals surface area (Å²) in [4.78, 5) is 28.7. The molecule has 1 aromatic carbocycles. The monoisotopic (exact) mass is 477 g/mol. The Morgan fingerprint density at radius 2 is 2.00 bits per heavy atom. The topological polar surface area (TPSA) is 137 Å². The Morgan fingerprint density at radius 3 is 2.62 bits per heavy atom. The first-order valence-electron chi connectivity index (χ1n) is 9.91. The number of hydrogen-bond acceptors (Lipinski definition) is 7. The average molecular weight is 478 g/mol. The van der Waals surface area contributed by atoms with Crippen molar-refractivity contribution < 1.29 is 22.7 Å². The Balaban J connectivity index is 1.41. The molecule has 1 saturated heterocycles. The number of hydrogen-bond donors (Lipinski definition) is 2. The summed E-state index contributed by atoms with van der Waals surface area (Å²) in [5.74, 6) is -0.571. The highest BCUT2D eigenvalue weighted by molar-refractivity contribution is 7.89. The highest BCUT2D eigenvalue weighted by Gasteiger charge is 2.33. The number of fused-ring (bicyclic) bond motifs is 1. The number of thiazole rings is 1. The smallest absolute Gasteiger partial charge is 0.265 e. The Kier molecular flexibility index (Phi) is 5.93. The van der Waals surface area contributed by atoms with Gasteiger partial charge in [-0.1, -0.05) is 17.4 Å². The van der Waals surface area contributed by atoms with E-state index in [4.69, 9.17) is 10.5 Å². The Hall–Kier alpha value is -2.96. The van der Waals surface area contributed by atoms with Crippen molar-refractivity contribution in [1.82, 2.24) is 13.9 Å². The molecule has 3 N–H and O–H groups in total. The number of benzene rings is 1. The van der Waals surface area contributed by atoms with Crippen LogP contribution < -0.4 is 15.8 Å². The molecular weight excluding hydrogens is 454 g/mol. The van der Waals surface area contributed by atoms with E-state index in [0.717, 1.165) is 4.70 Å². The zero-order valence-corrected chi connectivity index (χ0v) is 19.2. The van der Waals surface area contributed by atoms with Gasteiger partial charge in [0.1, 0.15) is 21.9 Å². The predicted octanol–water partition coefficient (Wildman–Crippen LogP) is 1.78. The Morgan fingerprint density at radius 1 is 1.28 bits per heavy atom. The van der Waals surface area contributed by atoms with Crippen LogP contribution in [0.4, 0.5) is 5.13 Å². The fourth-order valence-corrected chi connectivity index (χ4v) is 6.20. The van der Waals surface area contributed by atoms with Crippen LogP contribution in [0.3, 0.4) is 0 Å². The minimum absolute atomic E-state index is 0.0140. The van der Waals surface area contributed by atoms with E-state index < -0.39 is 15.9 Å². The number of nitrogens with two attached hydrogens (primary N) is 1. The molecule has 32 heavy (non-hydrogen) atoms. The van der Waals surface area contributed by atoms with Gasteiger partial charge < -0.3 is 20.4 Å². The number of anilines is 1. The Bertz CT molecular complexity index is 1290. The molecule has 4 rings (SSSR count). The summed E-state index contributed by atoms with van der Waals surface area (Å²) >= 11 is 1.36. The van der Waals surface area contributed by atoms with Crippen molar-refractivity contribution in [3.63, 3.8) is 0 Å². The highest BCUT2D eigenvalue weighted by Crippen LogP contribution is 2.33. The van der Waals surface area contributed by atoms with Gasteiger partial charge in [-0.05, 0) is 31.0 Å². The van der Waals surface area contributed by atoms with Crippen LogP contribution in [0, 0.1) is 5.92 Å². The number of primary amides is 1. The van der Waals surface area contributed by atoms with E-state index in [1.165, 1.54) is 32.5 Å². The predicted molar refractivity (Wildman–Crippen MR) is 120 cm³/mol. The molecule has 0 unspecified atom stereocenters. The normalized spacial score (nSPS) is 15.7. The van der Waals surface area contributed by atoms with Crippen molar-refractivity contribution in [3.8, 4) is 5.75 Å². The molecule has 3 heterocycles. The molecule has 0 aliphatic carbocycles. The van der Waals surface area contributed by atoms with Gasteiger partial charge in [0.15, 0.2) is 5.13 Å². The van der Waals surface area contributed by atoms with E-state index >= 15 is 0 Å². The van der Waals surface area contributed by atoms with Gasteiger partial charge in [0, 0.05) is 32.3 Å². The van der Waals surface area contributed by atoms with Crippen LogP contribution in [0.5, 0.6) is 5.75 Å². The molecule has 2 amide bonds. The number of carbonyl (C=O) groups excluding carboxylic acids is 2. The lowest BCUT2D eigenvalue weighted by Gasteiger charge is -2.30. The first-order valence-corrected chi connectivity index (χ1v) is 12.2. The molecule has 0 spiro atoms. The molecule has 1 aliphatic heterocycles. The molecule has 1 aliphatic rings. The molecule has 170 valence electrons. The third-order valence-electron chi connectivity index (χ3n) is 5.53. The first kappa shape index (κ1) is 22.2.